The first-order valence-corrected chi connectivity index (χ1v) is 8.45. The third-order valence-electron chi connectivity index (χ3n) is 3.84. The van der Waals surface area contributed by atoms with Crippen LogP contribution in [-0.4, -0.2) is 15.0 Å². The average Bonchev–Trinajstić information content (AvgIpc) is 3.04. The average molecular weight is 321 g/mol. The summed E-state index contributed by atoms with van der Waals surface area (Å²) in [5.74, 6) is 1.48. The molecule has 1 heterocycles. The minimum absolute atomic E-state index is 0.653. The third-order valence-corrected chi connectivity index (χ3v) is 3.84. The second-order valence-corrected chi connectivity index (χ2v) is 5.97. The quantitative estimate of drug-likeness (QED) is 0.623. The Labute approximate surface area is 143 Å². The van der Waals surface area contributed by atoms with Crippen molar-refractivity contribution in [1.82, 2.24) is 15.0 Å². The van der Waals surface area contributed by atoms with Crippen LogP contribution in [0.4, 0.5) is 0 Å². The van der Waals surface area contributed by atoms with Crippen LogP contribution in [0.1, 0.15) is 36.2 Å². The van der Waals surface area contributed by atoms with Gasteiger partial charge in [-0.25, -0.2) is 0 Å². The van der Waals surface area contributed by atoms with Gasteiger partial charge >= 0.3 is 0 Å². The van der Waals surface area contributed by atoms with Gasteiger partial charge in [0.1, 0.15) is 0 Å². The maximum absolute atomic E-state index is 5.42. The summed E-state index contributed by atoms with van der Waals surface area (Å²) < 4.78 is 5.42. The summed E-state index contributed by atoms with van der Waals surface area (Å²) in [4.78, 5) is 6.83. The van der Waals surface area contributed by atoms with Crippen molar-refractivity contribution in [2.45, 2.75) is 39.4 Å². The van der Waals surface area contributed by atoms with E-state index in [4.69, 9.17) is 4.52 Å². The van der Waals surface area contributed by atoms with Crippen LogP contribution in [0.5, 0.6) is 0 Å². The summed E-state index contributed by atoms with van der Waals surface area (Å²) in [5.41, 5.74) is 2.56. The first-order chi connectivity index (χ1) is 11.8. The molecule has 0 radical (unpaired) electrons. The van der Waals surface area contributed by atoms with E-state index in [0.29, 0.717) is 12.4 Å². The molecule has 24 heavy (non-hydrogen) atoms. The maximum atomic E-state index is 5.42. The Morgan fingerprint density at radius 3 is 1.96 bits per heavy atom. The van der Waals surface area contributed by atoms with Crippen molar-refractivity contribution in [2.75, 3.05) is 0 Å². The fourth-order valence-corrected chi connectivity index (χ4v) is 2.72. The normalized spacial score (nSPS) is 11.1. The second kappa shape index (κ2) is 8.41. The minimum atomic E-state index is 0.653. The minimum Gasteiger partial charge on any atom is -0.338 e. The molecule has 0 unspecified atom stereocenters. The Balaban J connectivity index is 1.73. The summed E-state index contributed by atoms with van der Waals surface area (Å²) in [6, 6.07) is 21.0. The van der Waals surface area contributed by atoms with Crippen molar-refractivity contribution >= 4 is 0 Å². The lowest BCUT2D eigenvalue weighted by Crippen LogP contribution is -2.22. The van der Waals surface area contributed by atoms with Crippen molar-refractivity contribution in [3.8, 4) is 0 Å². The molecule has 0 aliphatic rings. The Morgan fingerprint density at radius 1 is 0.833 bits per heavy atom. The smallest absolute Gasteiger partial charge is 0.240 e. The molecule has 0 aliphatic heterocycles. The molecular formula is C20H23N3O. The number of benzene rings is 2. The van der Waals surface area contributed by atoms with Crippen molar-refractivity contribution in [3.63, 3.8) is 0 Å². The molecule has 0 aliphatic carbocycles. The summed E-state index contributed by atoms with van der Waals surface area (Å²) in [5, 5.41) is 4.06. The zero-order valence-corrected chi connectivity index (χ0v) is 14.1. The number of nitrogens with zero attached hydrogens (tertiary/aromatic N) is 3. The van der Waals surface area contributed by atoms with E-state index in [1.165, 1.54) is 11.1 Å². The highest BCUT2D eigenvalue weighted by atomic mass is 16.5. The van der Waals surface area contributed by atoms with E-state index in [0.717, 1.165) is 31.8 Å². The monoisotopic (exact) mass is 321 g/mol. The number of aryl methyl sites for hydroxylation is 1. The summed E-state index contributed by atoms with van der Waals surface area (Å²) in [7, 11) is 0. The number of hydrogen-bond donors (Lipinski definition) is 0. The van der Waals surface area contributed by atoms with Gasteiger partial charge in [-0.05, 0) is 17.5 Å². The molecule has 124 valence electrons. The topological polar surface area (TPSA) is 42.2 Å². The summed E-state index contributed by atoms with van der Waals surface area (Å²) >= 11 is 0. The number of aromatic nitrogens is 2. The molecule has 0 fully saturated rings. The van der Waals surface area contributed by atoms with Crippen LogP contribution < -0.4 is 0 Å². The van der Waals surface area contributed by atoms with Crippen molar-refractivity contribution < 1.29 is 4.52 Å². The van der Waals surface area contributed by atoms with E-state index in [2.05, 4.69) is 70.5 Å². The van der Waals surface area contributed by atoms with Crippen molar-refractivity contribution in [1.29, 1.82) is 0 Å². The molecule has 2 aromatic carbocycles. The van der Waals surface area contributed by atoms with Crippen LogP contribution in [0.15, 0.2) is 65.2 Å². The fourth-order valence-electron chi connectivity index (χ4n) is 2.72. The zero-order valence-electron chi connectivity index (χ0n) is 14.1. The van der Waals surface area contributed by atoms with E-state index in [9.17, 15) is 0 Å². The van der Waals surface area contributed by atoms with Gasteiger partial charge in [0.2, 0.25) is 5.89 Å². The molecule has 0 spiro atoms. The Morgan fingerprint density at radius 2 is 1.42 bits per heavy atom. The number of hydrogen-bond acceptors (Lipinski definition) is 4. The van der Waals surface area contributed by atoms with Gasteiger partial charge in [-0.1, -0.05) is 72.7 Å². The van der Waals surface area contributed by atoms with E-state index in [-0.39, 0.29) is 0 Å². The molecule has 3 rings (SSSR count). The van der Waals surface area contributed by atoms with Crippen LogP contribution in [-0.2, 0) is 26.1 Å². The fraction of sp³-hybridized carbons (Fsp3) is 0.300. The van der Waals surface area contributed by atoms with Crippen molar-refractivity contribution in [2.24, 2.45) is 0 Å². The van der Waals surface area contributed by atoms with Gasteiger partial charge in [0.05, 0.1) is 6.54 Å². The highest BCUT2D eigenvalue weighted by Crippen LogP contribution is 2.13. The molecule has 3 aromatic rings. The molecule has 1 aromatic heterocycles. The Bertz CT molecular complexity index is 683. The Hall–Kier alpha value is -2.46. The van der Waals surface area contributed by atoms with Crippen LogP contribution in [0.25, 0.3) is 0 Å². The summed E-state index contributed by atoms with van der Waals surface area (Å²) in [6.07, 6.45) is 1.89. The van der Waals surface area contributed by atoms with Gasteiger partial charge in [0.15, 0.2) is 5.82 Å². The van der Waals surface area contributed by atoms with Gasteiger partial charge in [-0.2, -0.15) is 4.98 Å². The van der Waals surface area contributed by atoms with Gasteiger partial charge in [0, 0.05) is 19.5 Å². The van der Waals surface area contributed by atoms with E-state index >= 15 is 0 Å². The first kappa shape index (κ1) is 16.4. The maximum Gasteiger partial charge on any atom is 0.240 e. The molecule has 0 N–H and O–H groups in total. The summed E-state index contributed by atoms with van der Waals surface area (Å²) in [6.45, 7) is 4.47. The molecule has 4 nitrogen and oxygen atoms in total. The van der Waals surface area contributed by atoms with E-state index in [1.54, 1.807) is 0 Å². The highest BCUT2D eigenvalue weighted by molar-refractivity contribution is 5.17. The van der Waals surface area contributed by atoms with Crippen LogP contribution in [0.2, 0.25) is 0 Å². The van der Waals surface area contributed by atoms with Gasteiger partial charge < -0.3 is 4.52 Å². The highest BCUT2D eigenvalue weighted by Gasteiger charge is 2.13. The molecule has 4 heteroatoms. The molecule has 0 bridgehead atoms. The lowest BCUT2D eigenvalue weighted by Gasteiger charge is -2.20. The lowest BCUT2D eigenvalue weighted by molar-refractivity contribution is 0.211. The lowest BCUT2D eigenvalue weighted by atomic mass is 10.1. The standard InChI is InChI=1S/C20H23N3O/c1-2-9-19-21-20(24-22-19)16-23(14-17-10-5-3-6-11-17)15-18-12-7-4-8-13-18/h3-8,10-13H,2,9,14-16H2,1H3. The molecular weight excluding hydrogens is 298 g/mol. The van der Waals surface area contributed by atoms with Gasteiger partial charge in [0.25, 0.3) is 0 Å². The molecule has 0 amide bonds. The van der Waals surface area contributed by atoms with Crippen LogP contribution >= 0.6 is 0 Å². The third kappa shape index (κ3) is 4.77. The molecule has 0 saturated heterocycles. The van der Waals surface area contributed by atoms with Gasteiger partial charge in [-0.15, -0.1) is 0 Å². The van der Waals surface area contributed by atoms with Crippen LogP contribution in [0, 0.1) is 0 Å². The van der Waals surface area contributed by atoms with Gasteiger partial charge in [-0.3, -0.25) is 4.90 Å². The predicted molar refractivity (Wildman–Crippen MR) is 94.1 cm³/mol. The Kier molecular flexibility index (Phi) is 5.75. The van der Waals surface area contributed by atoms with E-state index in [1.807, 2.05) is 12.1 Å². The first-order valence-electron chi connectivity index (χ1n) is 8.45. The zero-order chi connectivity index (χ0) is 16.6. The van der Waals surface area contributed by atoms with E-state index < -0.39 is 0 Å². The molecule has 0 atom stereocenters. The number of rotatable bonds is 8. The second-order valence-electron chi connectivity index (χ2n) is 5.97. The SMILES string of the molecule is CCCc1noc(CN(Cc2ccccc2)Cc2ccccc2)n1. The largest absolute Gasteiger partial charge is 0.338 e. The van der Waals surface area contributed by atoms with Crippen LogP contribution in [0.3, 0.4) is 0 Å². The van der Waals surface area contributed by atoms with Crippen molar-refractivity contribution in [3.05, 3.63) is 83.5 Å². The molecule has 0 saturated carbocycles. The predicted octanol–water partition coefficient (Wildman–Crippen LogP) is 4.22.